The van der Waals surface area contributed by atoms with Crippen molar-refractivity contribution < 1.29 is 9.59 Å². The second-order valence-corrected chi connectivity index (χ2v) is 6.91. The summed E-state index contributed by atoms with van der Waals surface area (Å²) in [7, 11) is 0. The first kappa shape index (κ1) is 16.0. The zero-order valence-electron chi connectivity index (χ0n) is 12.8. The number of nitrogens with zero attached hydrogens (tertiary/aromatic N) is 1. The Kier molecular flexibility index (Phi) is 5.79. The highest BCUT2D eigenvalue weighted by Gasteiger charge is 2.23. The highest BCUT2D eigenvalue weighted by molar-refractivity contribution is 7.10. The molecular formula is C16H24N2O2S. The predicted molar refractivity (Wildman–Crippen MR) is 85.1 cm³/mol. The van der Waals surface area contributed by atoms with Gasteiger partial charge in [-0.3, -0.25) is 9.59 Å². The van der Waals surface area contributed by atoms with Crippen molar-refractivity contribution in [3.05, 3.63) is 22.4 Å². The normalized spacial score (nSPS) is 17.7. The number of nitrogens with one attached hydrogen (secondary N) is 1. The molecule has 1 aliphatic heterocycles. The maximum absolute atomic E-state index is 12.3. The summed E-state index contributed by atoms with van der Waals surface area (Å²) in [5.74, 6) is 0.379. The maximum Gasteiger partial charge on any atom is 0.240 e. The maximum atomic E-state index is 12.3. The van der Waals surface area contributed by atoms with E-state index in [1.807, 2.05) is 17.5 Å². The molecule has 1 fully saturated rings. The van der Waals surface area contributed by atoms with E-state index in [9.17, 15) is 9.59 Å². The van der Waals surface area contributed by atoms with Crippen molar-refractivity contribution in [3.8, 4) is 0 Å². The fraction of sp³-hybridized carbons (Fsp3) is 0.625. The van der Waals surface area contributed by atoms with Crippen LogP contribution in [0.3, 0.4) is 0 Å². The third-order valence-electron chi connectivity index (χ3n) is 3.84. The van der Waals surface area contributed by atoms with Crippen molar-refractivity contribution in [1.29, 1.82) is 0 Å². The lowest BCUT2D eigenvalue weighted by molar-refractivity contribution is -0.135. The van der Waals surface area contributed by atoms with Crippen LogP contribution < -0.4 is 5.32 Å². The van der Waals surface area contributed by atoms with Crippen LogP contribution in [-0.2, 0) is 9.59 Å². The van der Waals surface area contributed by atoms with Gasteiger partial charge in [0.05, 0.1) is 12.6 Å². The van der Waals surface area contributed by atoms with Crippen LogP contribution in [0.4, 0.5) is 0 Å². The van der Waals surface area contributed by atoms with Gasteiger partial charge in [0.15, 0.2) is 0 Å². The Bertz CT molecular complexity index is 471. The van der Waals surface area contributed by atoms with Crippen molar-refractivity contribution in [2.75, 3.05) is 13.1 Å². The minimum Gasteiger partial charge on any atom is -0.347 e. The molecule has 0 aromatic carbocycles. The summed E-state index contributed by atoms with van der Waals surface area (Å²) in [6, 6.07) is 4.08. The molecule has 5 heteroatoms. The van der Waals surface area contributed by atoms with E-state index < -0.39 is 0 Å². The summed E-state index contributed by atoms with van der Waals surface area (Å²) < 4.78 is 0. The second-order valence-electron chi connectivity index (χ2n) is 5.93. The van der Waals surface area contributed by atoms with E-state index in [0.717, 1.165) is 19.3 Å². The largest absolute Gasteiger partial charge is 0.347 e. The Labute approximate surface area is 130 Å². The molecule has 1 aliphatic rings. The van der Waals surface area contributed by atoms with Crippen LogP contribution in [0.25, 0.3) is 0 Å². The fourth-order valence-corrected chi connectivity index (χ4v) is 3.58. The first-order chi connectivity index (χ1) is 10.1. The zero-order chi connectivity index (χ0) is 15.2. The highest BCUT2D eigenvalue weighted by atomic mass is 32.1. The molecule has 0 bridgehead atoms. The molecule has 4 nitrogen and oxygen atoms in total. The quantitative estimate of drug-likeness (QED) is 0.909. The number of hydrogen-bond acceptors (Lipinski definition) is 3. The van der Waals surface area contributed by atoms with Gasteiger partial charge < -0.3 is 10.2 Å². The summed E-state index contributed by atoms with van der Waals surface area (Å²) >= 11 is 1.66. The number of carbonyl (C=O) groups excluding carboxylic acids is 2. The third kappa shape index (κ3) is 4.56. The van der Waals surface area contributed by atoms with E-state index in [4.69, 9.17) is 0 Å². The summed E-state index contributed by atoms with van der Waals surface area (Å²) in [6.07, 6.45) is 3.60. The van der Waals surface area contributed by atoms with Crippen molar-refractivity contribution in [2.45, 2.75) is 45.6 Å². The number of hydrogen-bond donors (Lipinski definition) is 1. The predicted octanol–water partition coefficient (Wildman–Crippen LogP) is 2.96. The molecular weight excluding hydrogens is 284 g/mol. The summed E-state index contributed by atoms with van der Waals surface area (Å²) in [4.78, 5) is 27.1. The van der Waals surface area contributed by atoms with Gasteiger partial charge in [0.25, 0.3) is 0 Å². The highest BCUT2D eigenvalue weighted by Crippen LogP contribution is 2.25. The van der Waals surface area contributed by atoms with Crippen molar-refractivity contribution in [3.63, 3.8) is 0 Å². The Hall–Kier alpha value is -1.36. The third-order valence-corrected chi connectivity index (χ3v) is 4.79. The molecule has 116 valence electrons. The van der Waals surface area contributed by atoms with Crippen LogP contribution in [-0.4, -0.2) is 29.8 Å². The van der Waals surface area contributed by atoms with Crippen molar-refractivity contribution >= 4 is 23.2 Å². The van der Waals surface area contributed by atoms with Crippen LogP contribution in [0.5, 0.6) is 0 Å². The Morgan fingerprint density at radius 1 is 1.38 bits per heavy atom. The molecule has 0 unspecified atom stereocenters. The molecule has 0 spiro atoms. The number of likely N-dealkylation sites (tertiary alicyclic amines) is 1. The minimum atomic E-state index is -0.0580. The van der Waals surface area contributed by atoms with Crippen LogP contribution in [0.15, 0.2) is 17.5 Å². The lowest BCUT2D eigenvalue weighted by Crippen LogP contribution is -2.42. The molecule has 0 radical (unpaired) electrons. The van der Waals surface area contributed by atoms with Gasteiger partial charge in [-0.15, -0.1) is 11.3 Å². The van der Waals surface area contributed by atoms with E-state index >= 15 is 0 Å². The molecule has 1 saturated heterocycles. The van der Waals surface area contributed by atoms with E-state index in [1.54, 1.807) is 16.2 Å². The number of amides is 2. The van der Waals surface area contributed by atoms with E-state index in [-0.39, 0.29) is 24.4 Å². The molecule has 1 aromatic rings. The zero-order valence-corrected chi connectivity index (χ0v) is 13.6. The average Bonchev–Trinajstić information content (AvgIpc) is 2.89. The lowest BCUT2D eigenvalue weighted by Gasteiger charge is -2.24. The van der Waals surface area contributed by atoms with Gasteiger partial charge >= 0.3 is 0 Å². The van der Waals surface area contributed by atoms with E-state index in [0.29, 0.717) is 18.9 Å². The van der Waals surface area contributed by atoms with Crippen LogP contribution >= 0.6 is 11.3 Å². The summed E-state index contributed by atoms with van der Waals surface area (Å²) in [5.41, 5.74) is 0. The standard InChI is InChI=1S/C16H24N2O2S/c1-12(2)16(13-7-6-10-21-13)17-14(19)11-18-9-5-3-4-8-15(18)20/h6-7,10,12,16H,3-5,8-9,11H2,1-2H3,(H,17,19)/t16-/m1/s1. The van der Waals surface area contributed by atoms with Gasteiger partial charge in [-0.05, 0) is 30.2 Å². The Balaban J connectivity index is 1.94. The van der Waals surface area contributed by atoms with Gasteiger partial charge in [0, 0.05) is 17.8 Å². The van der Waals surface area contributed by atoms with Gasteiger partial charge in [-0.1, -0.05) is 26.3 Å². The number of rotatable bonds is 5. The first-order valence-corrected chi connectivity index (χ1v) is 8.56. The molecule has 0 aliphatic carbocycles. The smallest absolute Gasteiger partial charge is 0.240 e. The number of thiophene rings is 1. The lowest BCUT2D eigenvalue weighted by atomic mass is 10.0. The molecule has 2 rings (SSSR count). The van der Waals surface area contributed by atoms with Crippen LogP contribution in [0, 0.1) is 5.92 Å². The molecule has 1 atom stereocenters. The fourth-order valence-electron chi connectivity index (χ4n) is 2.63. The second kappa shape index (κ2) is 7.59. The van der Waals surface area contributed by atoms with E-state index in [1.165, 1.54) is 4.88 Å². The van der Waals surface area contributed by atoms with Gasteiger partial charge in [0.1, 0.15) is 0 Å². The Morgan fingerprint density at radius 2 is 2.19 bits per heavy atom. The topological polar surface area (TPSA) is 49.4 Å². The summed E-state index contributed by atoms with van der Waals surface area (Å²) in [6.45, 7) is 5.09. The SMILES string of the molecule is CC(C)[C@@H](NC(=O)CN1CCCCCC1=O)c1cccs1. The molecule has 1 N–H and O–H groups in total. The first-order valence-electron chi connectivity index (χ1n) is 7.68. The molecule has 21 heavy (non-hydrogen) atoms. The summed E-state index contributed by atoms with van der Waals surface area (Å²) in [5, 5.41) is 5.11. The molecule has 1 aromatic heterocycles. The molecule has 2 heterocycles. The van der Waals surface area contributed by atoms with Crippen LogP contribution in [0.1, 0.15) is 50.4 Å². The van der Waals surface area contributed by atoms with Gasteiger partial charge in [-0.2, -0.15) is 0 Å². The van der Waals surface area contributed by atoms with Crippen molar-refractivity contribution in [1.82, 2.24) is 10.2 Å². The minimum absolute atomic E-state index is 0.0274. The van der Waals surface area contributed by atoms with E-state index in [2.05, 4.69) is 19.2 Å². The Morgan fingerprint density at radius 3 is 2.86 bits per heavy atom. The monoisotopic (exact) mass is 308 g/mol. The molecule has 0 saturated carbocycles. The van der Waals surface area contributed by atoms with Gasteiger partial charge in [-0.25, -0.2) is 0 Å². The van der Waals surface area contributed by atoms with Crippen LogP contribution in [0.2, 0.25) is 0 Å². The van der Waals surface area contributed by atoms with Gasteiger partial charge in [0.2, 0.25) is 11.8 Å². The average molecular weight is 308 g/mol. The van der Waals surface area contributed by atoms with Crippen molar-refractivity contribution in [2.24, 2.45) is 5.92 Å². The number of carbonyl (C=O) groups is 2. The molecule has 2 amide bonds.